The molecule has 0 heterocycles. The van der Waals surface area contributed by atoms with Gasteiger partial charge in [-0.15, -0.1) is 11.6 Å². The molecular formula is C25H49Cl. The third-order valence-electron chi connectivity index (χ3n) is 7.42. The number of alkyl halides is 1. The molecule has 0 nitrogen and oxygen atoms in total. The van der Waals surface area contributed by atoms with Crippen molar-refractivity contribution < 1.29 is 0 Å². The summed E-state index contributed by atoms with van der Waals surface area (Å²) in [6.45, 7) is 16.6. The molecule has 0 bridgehead atoms. The van der Waals surface area contributed by atoms with Crippen LogP contribution in [0.4, 0.5) is 0 Å². The summed E-state index contributed by atoms with van der Waals surface area (Å²) in [5.41, 5.74) is 0.283. The SMILES string of the molecule is CCC1CCC(CCCCC(CCC(C)C)C(C)(CC(C)C)C(C)Cl)C1. The lowest BCUT2D eigenvalue weighted by atomic mass is 9.66. The van der Waals surface area contributed by atoms with Crippen molar-refractivity contribution in [3.05, 3.63) is 0 Å². The van der Waals surface area contributed by atoms with Gasteiger partial charge in [0.15, 0.2) is 0 Å². The Morgan fingerprint density at radius 2 is 1.54 bits per heavy atom. The highest BCUT2D eigenvalue weighted by Gasteiger charge is 2.38. The summed E-state index contributed by atoms with van der Waals surface area (Å²) in [5, 5.41) is 0.266. The van der Waals surface area contributed by atoms with Crippen LogP contribution in [-0.4, -0.2) is 5.38 Å². The Morgan fingerprint density at radius 3 is 2.04 bits per heavy atom. The van der Waals surface area contributed by atoms with Crippen LogP contribution in [0.15, 0.2) is 0 Å². The Bertz CT molecular complexity index is 359. The maximum atomic E-state index is 6.79. The van der Waals surface area contributed by atoms with E-state index in [4.69, 9.17) is 11.6 Å². The van der Waals surface area contributed by atoms with Gasteiger partial charge in [-0.2, -0.15) is 0 Å². The quantitative estimate of drug-likeness (QED) is 0.219. The number of unbranched alkanes of at least 4 members (excludes halogenated alkanes) is 1. The van der Waals surface area contributed by atoms with Crippen molar-refractivity contribution in [3.8, 4) is 0 Å². The topological polar surface area (TPSA) is 0 Å². The fourth-order valence-electron chi connectivity index (χ4n) is 5.51. The van der Waals surface area contributed by atoms with Gasteiger partial charge < -0.3 is 0 Å². The second-order valence-corrected chi connectivity index (χ2v) is 11.3. The van der Waals surface area contributed by atoms with E-state index in [9.17, 15) is 0 Å². The van der Waals surface area contributed by atoms with E-state index < -0.39 is 0 Å². The molecule has 0 saturated heterocycles. The van der Waals surface area contributed by atoms with Crippen molar-refractivity contribution in [3.63, 3.8) is 0 Å². The summed E-state index contributed by atoms with van der Waals surface area (Å²) in [7, 11) is 0. The van der Waals surface area contributed by atoms with E-state index in [1.165, 1.54) is 70.6 Å². The standard InChI is InChI=1S/C25H49Cl/c1-8-22-14-15-23(17-22)11-9-10-12-24(16-13-19(2)3)25(7,21(6)26)18-20(4)5/h19-24H,8-18H2,1-7H3. The molecule has 0 aromatic rings. The van der Waals surface area contributed by atoms with Gasteiger partial charge in [0.1, 0.15) is 0 Å². The molecule has 0 aromatic carbocycles. The monoisotopic (exact) mass is 384 g/mol. The molecule has 0 spiro atoms. The first-order chi connectivity index (χ1) is 12.2. The van der Waals surface area contributed by atoms with Crippen LogP contribution < -0.4 is 0 Å². The number of hydrogen-bond donors (Lipinski definition) is 0. The zero-order valence-electron chi connectivity index (χ0n) is 19.1. The van der Waals surface area contributed by atoms with E-state index in [1.807, 2.05) is 0 Å². The molecule has 5 unspecified atom stereocenters. The molecule has 0 aliphatic heterocycles. The molecule has 1 aliphatic carbocycles. The van der Waals surface area contributed by atoms with Gasteiger partial charge in [-0.05, 0) is 67.6 Å². The van der Waals surface area contributed by atoms with Crippen molar-refractivity contribution in [1.82, 2.24) is 0 Å². The molecular weight excluding hydrogens is 336 g/mol. The van der Waals surface area contributed by atoms with Crippen LogP contribution in [0, 0.1) is 35.0 Å². The second kappa shape index (κ2) is 12.0. The molecule has 0 radical (unpaired) electrons. The van der Waals surface area contributed by atoms with Crippen LogP contribution in [0.1, 0.15) is 119 Å². The minimum Gasteiger partial charge on any atom is -0.123 e. The van der Waals surface area contributed by atoms with Gasteiger partial charge >= 0.3 is 0 Å². The van der Waals surface area contributed by atoms with Crippen LogP contribution in [0.5, 0.6) is 0 Å². The van der Waals surface area contributed by atoms with Gasteiger partial charge in [-0.3, -0.25) is 0 Å². The van der Waals surface area contributed by atoms with E-state index in [0.717, 1.165) is 29.6 Å². The zero-order chi connectivity index (χ0) is 19.7. The molecule has 0 N–H and O–H groups in total. The first-order valence-electron chi connectivity index (χ1n) is 11.8. The smallest absolute Gasteiger partial charge is 0.0364 e. The Hall–Kier alpha value is 0.290. The van der Waals surface area contributed by atoms with Crippen LogP contribution in [0.2, 0.25) is 0 Å². The highest BCUT2D eigenvalue weighted by Crippen LogP contribution is 2.45. The number of hydrogen-bond acceptors (Lipinski definition) is 0. The second-order valence-electron chi connectivity index (χ2n) is 10.6. The largest absolute Gasteiger partial charge is 0.123 e. The van der Waals surface area contributed by atoms with Crippen molar-refractivity contribution in [1.29, 1.82) is 0 Å². The highest BCUT2D eigenvalue weighted by atomic mass is 35.5. The summed E-state index contributed by atoms with van der Waals surface area (Å²) < 4.78 is 0. The fourth-order valence-corrected chi connectivity index (χ4v) is 5.77. The fraction of sp³-hybridized carbons (Fsp3) is 1.00. The van der Waals surface area contributed by atoms with E-state index >= 15 is 0 Å². The average molecular weight is 385 g/mol. The minimum atomic E-state index is 0.266. The third kappa shape index (κ3) is 8.12. The molecule has 0 amide bonds. The van der Waals surface area contributed by atoms with Crippen LogP contribution in [0.25, 0.3) is 0 Å². The summed E-state index contributed by atoms with van der Waals surface area (Å²) >= 11 is 6.79. The molecule has 5 atom stereocenters. The van der Waals surface area contributed by atoms with Crippen LogP contribution in [0.3, 0.4) is 0 Å². The summed E-state index contributed by atoms with van der Waals surface area (Å²) in [6.07, 6.45) is 15.6. The van der Waals surface area contributed by atoms with Gasteiger partial charge in [-0.1, -0.05) is 86.5 Å². The van der Waals surface area contributed by atoms with Gasteiger partial charge in [0.25, 0.3) is 0 Å². The maximum absolute atomic E-state index is 6.79. The Morgan fingerprint density at radius 1 is 0.885 bits per heavy atom. The van der Waals surface area contributed by atoms with Gasteiger partial charge in [0, 0.05) is 5.38 Å². The molecule has 1 fully saturated rings. The Balaban J connectivity index is 2.56. The summed E-state index contributed by atoms with van der Waals surface area (Å²) in [5.74, 6) is 4.38. The third-order valence-corrected chi connectivity index (χ3v) is 7.92. The predicted molar refractivity (Wildman–Crippen MR) is 120 cm³/mol. The van der Waals surface area contributed by atoms with Gasteiger partial charge in [-0.25, -0.2) is 0 Å². The van der Waals surface area contributed by atoms with Crippen molar-refractivity contribution in [2.24, 2.45) is 35.0 Å². The van der Waals surface area contributed by atoms with Gasteiger partial charge in [0.05, 0.1) is 0 Å². The van der Waals surface area contributed by atoms with E-state index in [1.54, 1.807) is 0 Å². The average Bonchev–Trinajstić information content (AvgIpc) is 3.00. The first-order valence-corrected chi connectivity index (χ1v) is 12.3. The molecule has 26 heavy (non-hydrogen) atoms. The molecule has 1 rings (SSSR count). The van der Waals surface area contributed by atoms with Crippen molar-refractivity contribution >= 4 is 11.6 Å². The molecule has 156 valence electrons. The summed E-state index contributed by atoms with van der Waals surface area (Å²) in [4.78, 5) is 0. The molecule has 0 aromatic heterocycles. The first kappa shape index (κ1) is 24.3. The molecule has 1 aliphatic rings. The van der Waals surface area contributed by atoms with Crippen LogP contribution in [-0.2, 0) is 0 Å². The zero-order valence-corrected chi connectivity index (χ0v) is 19.9. The Labute approximate surface area is 171 Å². The van der Waals surface area contributed by atoms with Crippen molar-refractivity contribution in [2.75, 3.05) is 0 Å². The van der Waals surface area contributed by atoms with Gasteiger partial charge in [0.2, 0.25) is 0 Å². The minimum absolute atomic E-state index is 0.266. The van der Waals surface area contributed by atoms with E-state index in [-0.39, 0.29) is 10.8 Å². The lowest BCUT2D eigenvalue weighted by Crippen LogP contribution is -2.36. The van der Waals surface area contributed by atoms with Crippen molar-refractivity contribution in [2.45, 2.75) is 124 Å². The molecule has 1 saturated carbocycles. The number of rotatable bonds is 13. The van der Waals surface area contributed by atoms with Crippen LogP contribution >= 0.6 is 11.6 Å². The van der Waals surface area contributed by atoms with E-state index in [0.29, 0.717) is 0 Å². The highest BCUT2D eigenvalue weighted by molar-refractivity contribution is 6.20. The predicted octanol–water partition coefficient (Wildman–Crippen LogP) is 9.11. The van der Waals surface area contributed by atoms with E-state index in [2.05, 4.69) is 48.5 Å². The lowest BCUT2D eigenvalue weighted by molar-refractivity contribution is 0.117. The molecule has 1 heteroatoms. The number of halogens is 1. The summed E-state index contributed by atoms with van der Waals surface area (Å²) in [6, 6.07) is 0. The lowest BCUT2D eigenvalue weighted by Gasteiger charge is -2.42. The Kier molecular flexibility index (Phi) is 11.2. The normalized spacial score (nSPS) is 25.6. The maximum Gasteiger partial charge on any atom is 0.0364 e.